The average Bonchev–Trinajstić information content (AvgIpc) is 2.42. The number of rotatable bonds is 4. The van der Waals surface area contributed by atoms with Crippen molar-refractivity contribution in [3.05, 3.63) is 29.6 Å². The van der Waals surface area contributed by atoms with Gasteiger partial charge in [0.15, 0.2) is 11.6 Å². The van der Waals surface area contributed by atoms with Gasteiger partial charge in [-0.15, -0.1) is 0 Å². The molecule has 0 bridgehead atoms. The molecule has 1 aliphatic carbocycles. The molecule has 0 unspecified atom stereocenters. The van der Waals surface area contributed by atoms with Crippen LogP contribution in [-0.2, 0) is 5.60 Å². The first kappa shape index (κ1) is 14.3. The van der Waals surface area contributed by atoms with Gasteiger partial charge >= 0.3 is 0 Å². The SMILES string of the molecule is CCNC1CCC(O)(c2cccc(OC)c2F)CC1. The zero-order valence-corrected chi connectivity index (χ0v) is 11.6. The van der Waals surface area contributed by atoms with Crippen LogP contribution in [0.1, 0.15) is 38.2 Å². The fourth-order valence-electron chi connectivity index (χ4n) is 2.89. The van der Waals surface area contributed by atoms with Crippen molar-refractivity contribution in [1.82, 2.24) is 5.32 Å². The minimum absolute atomic E-state index is 0.194. The number of aliphatic hydroxyl groups is 1. The van der Waals surface area contributed by atoms with Crippen molar-refractivity contribution in [3.63, 3.8) is 0 Å². The van der Waals surface area contributed by atoms with Crippen molar-refractivity contribution in [1.29, 1.82) is 0 Å². The Kier molecular flexibility index (Phi) is 4.42. The van der Waals surface area contributed by atoms with Gasteiger partial charge in [-0.2, -0.15) is 0 Å². The Morgan fingerprint density at radius 3 is 2.68 bits per heavy atom. The van der Waals surface area contributed by atoms with E-state index in [0.29, 0.717) is 24.4 Å². The molecular formula is C15H22FNO2. The second-order valence-electron chi connectivity index (χ2n) is 5.19. The van der Waals surface area contributed by atoms with E-state index in [9.17, 15) is 9.50 Å². The zero-order valence-electron chi connectivity index (χ0n) is 11.6. The fraction of sp³-hybridized carbons (Fsp3) is 0.600. The van der Waals surface area contributed by atoms with Crippen LogP contribution >= 0.6 is 0 Å². The summed E-state index contributed by atoms with van der Waals surface area (Å²) in [4.78, 5) is 0. The maximum absolute atomic E-state index is 14.2. The Morgan fingerprint density at radius 2 is 2.11 bits per heavy atom. The number of ether oxygens (including phenoxy) is 1. The van der Waals surface area contributed by atoms with Gasteiger partial charge in [0.05, 0.1) is 12.7 Å². The van der Waals surface area contributed by atoms with E-state index in [-0.39, 0.29) is 5.75 Å². The van der Waals surface area contributed by atoms with E-state index in [1.165, 1.54) is 7.11 Å². The molecule has 0 heterocycles. The van der Waals surface area contributed by atoms with E-state index >= 15 is 0 Å². The molecule has 1 saturated carbocycles. The highest BCUT2D eigenvalue weighted by Crippen LogP contribution is 2.39. The topological polar surface area (TPSA) is 41.5 Å². The van der Waals surface area contributed by atoms with Crippen molar-refractivity contribution in [3.8, 4) is 5.75 Å². The average molecular weight is 267 g/mol. The maximum Gasteiger partial charge on any atom is 0.171 e. The number of nitrogens with one attached hydrogen (secondary N) is 1. The third-order valence-electron chi connectivity index (χ3n) is 3.99. The van der Waals surface area contributed by atoms with E-state index in [0.717, 1.165) is 19.4 Å². The number of hydrogen-bond donors (Lipinski definition) is 2. The largest absolute Gasteiger partial charge is 0.494 e. The van der Waals surface area contributed by atoms with E-state index in [1.54, 1.807) is 18.2 Å². The second-order valence-corrected chi connectivity index (χ2v) is 5.19. The molecule has 4 heteroatoms. The van der Waals surface area contributed by atoms with Gasteiger partial charge < -0.3 is 15.2 Å². The standard InChI is InChI=1S/C15H22FNO2/c1-3-17-11-7-9-15(18,10-8-11)12-5-4-6-13(19-2)14(12)16/h4-6,11,17-18H,3,7-10H2,1-2H3. The third kappa shape index (κ3) is 2.90. The Morgan fingerprint density at radius 1 is 1.42 bits per heavy atom. The molecule has 1 aromatic carbocycles. The summed E-state index contributed by atoms with van der Waals surface area (Å²) >= 11 is 0. The van der Waals surface area contributed by atoms with Crippen LogP contribution in [0, 0.1) is 5.82 Å². The molecule has 0 aromatic heterocycles. The first-order valence-electron chi connectivity index (χ1n) is 6.89. The van der Waals surface area contributed by atoms with Gasteiger partial charge in [-0.1, -0.05) is 19.1 Å². The lowest BCUT2D eigenvalue weighted by molar-refractivity contribution is -0.0114. The summed E-state index contributed by atoms with van der Waals surface area (Å²) in [5.41, 5.74) is -0.702. The summed E-state index contributed by atoms with van der Waals surface area (Å²) in [6, 6.07) is 5.39. The molecule has 0 saturated heterocycles. The Balaban J connectivity index is 2.18. The molecule has 1 aliphatic rings. The number of hydrogen-bond acceptors (Lipinski definition) is 3. The Labute approximate surface area is 113 Å². The van der Waals surface area contributed by atoms with Gasteiger partial charge in [0.2, 0.25) is 0 Å². The van der Waals surface area contributed by atoms with E-state index in [2.05, 4.69) is 12.2 Å². The summed E-state index contributed by atoms with van der Waals surface area (Å²) in [6.45, 7) is 3.00. The van der Waals surface area contributed by atoms with Crippen LogP contribution in [0.2, 0.25) is 0 Å². The fourth-order valence-corrected chi connectivity index (χ4v) is 2.89. The van der Waals surface area contributed by atoms with Gasteiger partial charge in [0.1, 0.15) is 0 Å². The minimum Gasteiger partial charge on any atom is -0.494 e. The lowest BCUT2D eigenvalue weighted by atomic mass is 9.77. The highest BCUT2D eigenvalue weighted by atomic mass is 19.1. The van der Waals surface area contributed by atoms with E-state index < -0.39 is 11.4 Å². The van der Waals surface area contributed by atoms with Gasteiger partial charge in [0, 0.05) is 11.6 Å². The second kappa shape index (κ2) is 5.88. The molecule has 0 radical (unpaired) electrons. The highest BCUT2D eigenvalue weighted by Gasteiger charge is 2.37. The van der Waals surface area contributed by atoms with Crippen LogP contribution in [0.25, 0.3) is 0 Å². The molecule has 19 heavy (non-hydrogen) atoms. The van der Waals surface area contributed by atoms with Crippen LogP contribution in [0.15, 0.2) is 18.2 Å². The van der Waals surface area contributed by atoms with Crippen molar-refractivity contribution < 1.29 is 14.2 Å². The van der Waals surface area contributed by atoms with Crippen molar-refractivity contribution >= 4 is 0 Å². The minimum atomic E-state index is -1.06. The Hall–Kier alpha value is -1.13. The van der Waals surface area contributed by atoms with Gasteiger partial charge in [-0.3, -0.25) is 0 Å². The zero-order chi connectivity index (χ0) is 13.9. The van der Waals surface area contributed by atoms with Crippen molar-refractivity contribution in [2.45, 2.75) is 44.2 Å². The first-order chi connectivity index (χ1) is 9.10. The molecule has 2 rings (SSSR count). The molecule has 106 valence electrons. The van der Waals surface area contributed by atoms with Crippen LogP contribution in [0.4, 0.5) is 4.39 Å². The summed E-state index contributed by atoms with van der Waals surface area (Å²) in [5.74, 6) is -0.242. The molecular weight excluding hydrogens is 245 g/mol. The predicted molar refractivity (Wildman–Crippen MR) is 72.8 cm³/mol. The van der Waals surface area contributed by atoms with Crippen LogP contribution in [0.5, 0.6) is 5.75 Å². The number of halogens is 1. The number of methoxy groups -OCH3 is 1. The maximum atomic E-state index is 14.2. The summed E-state index contributed by atoms with van der Waals surface area (Å²) in [6.07, 6.45) is 2.88. The van der Waals surface area contributed by atoms with Crippen LogP contribution in [0.3, 0.4) is 0 Å². The van der Waals surface area contributed by atoms with Crippen molar-refractivity contribution in [2.75, 3.05) is 13.7 Å². The lowest BCUT2D eigenvalue weighted by Gasteiger charge is -2.37. The quantitative estimate of drug-likeness (QED) is 0.881. The summed E-state index contributed by atoms with van der Waals surface area (Å²) in [7, 11) is 1.44. The highest BCUT2D eigenvalue weighted by molar-refractivity contribution is 5.35. The molecule has 0 atom stereocenters. The summed E-state index contributed by atoms with van der Waals surface area (Å²) < 4.78 is 19.2. The van der Waals surface area contributed by atoms with Crippen molar-refractivity contribution in [2.24, 2.45) is 0 Å². The molecule has 1 aromatic rings. The molecule has 2 N–H and O–H groups in total. The van der Waals surface area contributed by atoms with Gasteiger partial charge in [0.25, 0.3) is 0 Å². The Bertz CT molecular complexity index is 428. The molecule has 0 aliphatic heterocycles. The molecule has 3 nitrogen and oxygen atoms in total. The van der Waals surface area contributed by atoms with Gasteiger partial charge in [-0.05, 0) is 38.3 Å². The lowest BCUT2D eigenvalue weighted by Crippen LogP contribution is -2.40. The monoisotopic (exact) mass is 267 g/mol. The smallest absolute Gasteiger partial charge is 0.171 e. The van der Waals surface area contributed by atoms with Gasteiger partial charge in [-0.25, -0.2) is 4.39 Å². The first-order valence-corrected chi connectivity index (χ1v) is 6.89. The van der Waals surface area contributed by atoms with E-state index in [4.69, 9.17) is 4.74 Å². The predicted octanol–water partition coefficient (Wildman–Crippen LogP) is 2.57. The molecule has 0 spiro atoms. The van der Waals surface area contributed by atoms with Crippen LogP contribution < -0.4 is 10.1 Å². The van der Waals surface area contributed by atoms with E-state index in [1.807, 2.05) is 0 Å². The molecule has 1 fully saturated rings. The third-order valence-corrected chi connectivity index (χ3v) is 3.99. The summed E-state index contributed by atoms with van der Waals surface area (Å²) in [5, 5.41) is 14.1. The van der Waals surface area contributed by atoms with Crippen LogP contribution in [-0.4, -0.2) is 24.8 Å². The molecule has 0 amide bonds. The number of benzene rings is 1. The normalized spacial score (nSPS) is 27.3.